The van der Waals surface area contributed by atoms with Gasteiger partial charge < -0.3 is 14.6 Å². The topological polar surface area (TPSA) is 93.1 Å². The van der Waals surface area contributed by atoms with E-state index in [0.717, 1.165) is 31.4 Å². The maximum atomic E-state index is 12.1. The van der Waals surface area contributed by atoms with Gasteiger partial charge in [0.15, 0.2) is 11.5 Å². The fourth-order valence-corrected chi connectivity index (χ4v) is 4.28. The van der Waals surface area contributed by atoms with Gasteiger partial charge in [-0.15, -0.1) is 0 Å². The van der Waals surface area contributed by atoms with Crippen molar-refractivity contribution in [2.45, 2.75) is 13.5 Å². The molecule has 0 aromatic heterocycles. The molecule has 2 aromatic rings. The van der Waals surface area contributed by atoms with Crippen LogP contribution in [-0.2, 0) is 11.4 Å². The Labute approximate surface area is 191 Å². The normalized spacial score (nSPS) is 15.0. The number of likely N-dealkylation sites (N-methyl/N-ethyl adjacent to an activating group) is 1. The smallest absolute Gasteiger partial charge is 0.335 e. The van der Waals surface area contributed by atoms with Gasteiger partial charge in [0.25, 0.3) is 11.1 Å². The number of nitrogens with zero attached hydrogens (tertiary/aromatic N) is 1. The number of ether oxygens (including phenoxy) is 2. The predicted octanol–water partition coefficient (Wildman–Crippen LogP) is 4.63. The van der Waals surface area contributed by atoms with Crippen LogP contribution in [0.3, 0.4) is 0 Å². The first-order chi connectivity index (χ1) is 14.3. The molecule has 30 heavy (non-hydrogen) atoms. The van der Waals surface area contributed by atoms with Crippen LogP contribution in [0, 0.1) is 3.57 Å². The third-order valence-corrected chi connectivity index (χ3v) is 5.96. The van der Waals surface area contributed by atoms with Gasteiger partial charge in [0.05, 0.1) is 20.6 Å². The van der Waals surface area contributed by atoms with Crippen molar-refractivity contribution in [3.63, 3.8) is 0 Å². The van der Waals surface area contributed by atoms with Crippen molar-refractivity contribution in [3.05, 3.63) is 61.6 Å². The summed E-state index contributed by atoms with van der Waals surface area (Å²) in [5.41, 5.74) is 1.75. The summed E-state index contributed by atoms with van der Waals surface area (Å²) >= 11 is 3.03. The number of imide groups is 1. The second kappa shape index (κ2) is 9.52. The van der Waals surface area contributed by atoms with E-state index >= 15 is 0 Å². The zero-order valence-corrected chi connectivity index (χ0v) is 19.2. The number of benzene rings is 2. The van der Waals surface area contributed by atoms with Gasteiger partial charge in [-0.1, -0.05) is 12.1 Å². The van der Waals surface area contributed by atoms with Gasteiger partial charge in [-0.05, 0) is 82.7 Å². The Morgan fingerprint density at radius 2 is 1.90 bits per heavy atom. The maximum Gasteiger partial charge on any atom is 0.335 e. The van der Waals surface area contributed by atoms with Crippen molar-refractivity contribution < 1.29 is 29.0 Å². The van der Waals surface area contributed by atoms with Crippen molar-refractivity contribution in [1.82, 2.24) is 4.90 Å². The van der Waals surface area contributed by atoms with E-state index < -0.39 is 5.97 Å². The Morgan fingerprint density at radius 1 is 1.20 bits per heavy atom. The lowest BCUT2D eigenvalue weighted by Gasteiger charge is -2.15. The number of carbonyl (C=O) groups is 3. The molecule has 0 unspecified atom stereocenters. The van der Waals surface area contributed by atoms with E-state index in [1.54, 1.807) is 24.3 Å². The van der Waals surface area contributed by atoms with Gasteiger partial charge in [0, 0.05) is 7.05 Å². The van der Waals surface area contributed by atoms with Crippen LogP contribution < -0.4 is 9.47 Å². The molecule has 7 nitrogen and oxygen atoms in total. The van der Waals surface area contributed by atoms with Crippen molar-refractivity contribution in [2.75, 3.05) is 13.7 Å². The standard InChI is InChI=1S/C21H18INO6S/c1-3-28-16-9-13(10-17-19(24)23(2)21(27)30-17)8-15(22)18(16)29-11-12-4-6-14(7-5-12)20(25)26/h4-10H,3,11H2,1-2H3,(H,25,26)/b17-10-. The summed E-state index contributed by atoms with van der Waals surface area (Å²) in [6, 6.07) is 10.1. The quantitative estimate of drug-likeness (QED) is 0.405. The molecule has 1 N–H and O–H groups in total. The lowest BCUT2D eigenvalue weighted by molar-refractivity contribution is -0.121. The first-order valence-electron chi connectivity index (χ1n) is 8.93. The minimum atomic E-state index is -0.979. The Bertz CT molecular complexity index is 1030. The fraction of sp³-hybridized carbons (Fsp3) is 0.190. The first-order valence-corrected chi connectivity index (χ1v) is 10.8. The molecule has 1 saturated heterocycles. The third kappa shape index (κ3) is 4.96. The SMILES string of the molecule is CCOc1cc(/C=C2\SC(=O)N(C)C2=O)cc(I)c1OCc1ccc(C(=O)O)cc1. The molecule has 1 fully saturated rings. The maximum absolute atomic E-state index is 12.1. The number of hydrogen-bond acceptors (Lipinski definition) is 6. The van der Waals surface area contributed by atoms with Gasteiger partial charge >= 0.3 is 5.97 Å². The van der Waals surface area contributed by atoms with Crippen molar-refractivity contribution >= 4 is 57.5 Å². The van der Waals surface area contributed by atoms with Crippen LogP contribution >= 0.6 is 34.4 Å². The lowest BCUT2D eigenvalue weighted by Crippen LogP contribution is -2.22. The van der Waals surface area contributed by atoms with Crippen LogP contribution in [0.1, 0.15) is 28.4 Å². The largest absolute Gasteiger partial charge is 0.490 e. The van der Waals surface area contributed by atoms with Crippen LogP contribution in [0.25, 0.3) is 6.08 Å². The number of carboxylic acids is 1. The number of rotatable bonds is 7. The highest BCUT2D eigenvalue weighted by Gasteiger charge is 2.31. The summed E-state index contributed by atoms with van der Waals surface area (Å²) in [5.74, 6) is -0.232. The predicted molar refractivity (Wildman–Crippen MR) is 122 cm³/mol. The van der Waals surface area contributed by atoms with Gasteiger partial charge in [-0.2, -0.15) is 0 Å². The third-order valence-electron chi connectivity index (χ3n) is 4.20. The molecule has 1 aliphatic rings. The Morgan fingerprint density at radius 3 is 2.47 bits per heavy atom. The number of halogens is 1. The van der Waals surface area contributed by atoms with Gasteiger partial charge in [0.2, 0.25) is 0 Å². The van der Waals surface area contributed by atoms with Crippen LogP contribution in [0.15, 0.2) is 41.3 Å². The molecule has 3 rings (SSSR count). The molecular weight excluding hydrogens is 521 g/mol. The van der Waals surface area contributed by atoms with Crippen LogP contribution in [0.5, 0.6) is 11.5 Å². The Kier molecular flexibility index (Phi) is 7.03. The highest BCUT2D eigenvalue weighted by atomic mass is 127. The highest BCUT2D eigenvalue weighted by molar-refractivity contribution is 14.1. The van der Waals surface area contributed by atoms with Crippen molar-refractivity contribution in [1.29, 1.82) is 0 Å². The Balaban J connectivity index is 1.84. The second-order valence-electron chi connectivity index (χ2n) is 6.29. The number of thioether (sulfide) groups is 1. The van der Waals surface area contributed by atoms with Crippen molar-refractivity contribution in [3.8, 4) is 11.5 Å². The van der Waals surface area contributed by atoms with Crippen LogP contribution in [0.4, 0.5) is 4.79 Å². The van der Waals surface area contributed by atoms with E-state index in [9.17, 15) is 14.4 Å². The zero-order chi connectivity index (χ0) is 21.8. The summed E-state index contributed by atoms with van der Waals surface area (Å²) in [4.78, 5) is 36.2. The van der Waals surface area contributed by atoms with Crippen LogP contribution in [-0.4, -0.2) is 40.8 Å². The monoisotopic (exact) mass is 539 g/mol. The molecule has 156 valence electrons. The van der Waals surface area contributed by atoms with Gasteiger partial charge in [0.1, 0.15) is 6.61 Å². The van der Waals surface area contributed by atoms with Gasteiger partial charge in [-0.3, -0.25) is 14.5 Å². The average Bonchev–Trinajstić information content (AvgIpc) is 2.94. The van der Waals surface area contributed by atoms with E-state index in [4.69, 9.17) is 14.6 Å². The van der Waals surface area contributed by atoms with Gasteiger partial charge in [-0.25, -0.2) is 4.79 Å². The molecule has 0 aliphatic carbocycles. The number of hydrogen-bond donors (Lipinski definition) is 1. The average molecular weight is 539 g/mol. The molecule has 1 aliphatic heterocycles. The molecule has 9 heteroatoms. The molecule has 0 radical (unpaired) electrons. The van der Waals surface area contributed by atoms with E-state index in [2.05, 4.69) is 22.6 Å². The molecule has 0 spiro atoms. The van der Waals surface area contributed by atoms with Crippen molar-refractivity contribution in [2.24, 2.45) is 0 Å². The molecule has 0 saturated carbocycles. The number of amides is 2. The fourth-order valence-electron chi connectivity index (χ4n) is 2.67. The van der Waals surface area contributed by atoms with E-state index in [1.807, 2.05) is 13.0 Å². The molecule has 1 heterocycles. The summed E-state index contributed by atoms with van der Waals surface area (Å²) in [7, 11) is 1.45. The number of carboxylic acid groups (broad SMARTS) is 1. The highest BCUT2D eigenvalue weighted by Crippen LogP contribution is 2.37. The minimum Gasteiger partial charge on any atom is -0.490 e. The summed E-state index contributed by atoms with van der Waals surface area (Å²) in [5, 5.41) is 8.69. The summed E-state index contributed by atoms with van der Waals surface area (Å²) in [6.45, 7) is 2.52. The number of aromatic carboxylic acids is 1. The number of carbonyl (C=O) groups excluding carboxylic acids is 2. The molecule has 0 atom stereocenters. The zero-order valence-electron chi connectivity index (χ0n) is 16.2. The first kappa shape index (κ1) is 22.2. The Hall–Kier alpha value is -2.53. The summed E-state index contributed by atoms with van der Waals surface area (Å²) in [6.07, 6.45) is 1.66. The van der Waals surface area contributed by atoms with E-state index in [1.165, 1.54) is 19.2 Å². The molecular formula is C21H18INO6S. The minimum absolute atomic E-state index is 0.212. The lowest BCUT2D eigenvalue weighted by atomic mass is 10.1. The molecule has 2 aromatic carbocycles. The molecule has 2 amide bonds. The van der Waals surface area contributed by atoms with E-state index in [-0.39, 0.29) is 23.3 Å². The van der Waals surface area contributed by atoms with Crippen LogP contribution in [0.2, 0.25) is 0 Å². The molecule has 0 bridgehead atoms. The second-order valence-corrected chi connectivity index (χ2v) is 8.45. The summed E-state index contributed by atoms with van der Waals surface area (Å²) < 4.78 is 12.5. The van der Waals surface area contributed by atoms with E-state index in [0.29, 0.717) is 23.0 Å².